The van der Waals surface area contributed by atoms with Crippen LogP contribution in [0.15, 0.2) is 76.2 Å². The lowest BCUT2D eigenvalue weighted by molar-refractivity contribution is -0.384. The van der Waals surface area contributed by atoms with Gasteiger partial charge in [0, 0.05) is 24.5 Å². The summed E-state index contributed by atoms with van der Waals surface area (Å²) >= 11 is 1.18. The predicted molar refractivity (Wildman–Crippen MR) is 125 cm³/mol. The van der Waals surface area contributed by atoms with Gasteiger partial charge in [0.1, 0.15) is 5.76 Å². The zero-order valence-electron chi connectivity index (χ0n) is 17.2. The minimum Gasteiger partial charge on any atom is -0.467 e. The lowest BCUT2D eigenvalue weighted by Gasteiger charge is -2.16. The second-order valence-electron chi connectivity index (χ2n) is 7.09. The molecule has 0 bridgehead atoms. The van der Waals surface area contributed by atoms with E-state index < -0.39 is 20.7 Å². The van der Waals surface area contributed by atoms with Gasteiger partial charge in [0.2, 0.25) is 0 Å². The number of rotatable bonds is 7. The molecule has 2 aromatic heterocycles. The van der Waals surface area contributed by atoms with Gasteiger partial charge in [0.05, 0.1) is 32.8 Å². The molecule has 0 aliphatic heterocycles. The van der Waals surface area contributed by atoms with Gasteiger partial charge in [-0.15, -0.1) is 0 Å². The second kappa shape index (κ2) is 8.96. The number of fused-ring (bicyclic) bond motifs is 1. The molecule has 33 heavy (non-hydrogen) atoms. The third kappa shape index (κ3) is 5.16. The van der Waals surface area contributed by atoms with Gasteiger partial charge in [-0.1, -0.05) is 23.5 Å². The van der Waals surface area contributed by atoms with Crippen molar-refractivity contribution in [1.82, 2.24) is 4.98 Å². The Labute approximate surface area is 192 Å². The fraction of sp³-hybridized carbons (Fsp3) is 0.0909. The first kappa shape index (κ1) is 22.4. The lowest BCUT2D eigenvalue weighted by atomic mass is 10.2. The van der Waals surface area contributed by atoms with Crippen molar-refractivity contribution in [3.63, 3.8) is 0 Å². The number of amides is 1. The monoisotopic (exact) mass is 483 g/mol. The van der Waals surface area contributed by atoms with E-state index >= 15 is 0 Å². The summed E-state index contributed by atoms with van der Waals surface area (Å²) in [7, 11) is -3.39. The minimum absolute atomic E-state index is 0.0788. The molecular formula is C22H17N3O6S2. The minimum atomic E-state index is -3.39. The number of anilines is 1. The first-order valence-corrected chi connectivity index (χ1v) is 12.3. The molecule has 0 N–H and O–H groups in total. The van der Waals surface area contributed by atoms with E-state index in [0.717, 1.165) is 6.26 Å². The molecule has 2 heterocycles. The van der Waals surface area contributed by atoms with Crippen LogP contribution >= 0.6 is 11.3 Å². The Hall–Kier alpha value is -3.83. The number of non-ortho nitro benzene ring substituents is 1. The molecule has 1 amide bonds. The lowest BCUT2D eigenvalue weighted by Crippen LogP contribution is -2.28. The highest BCUT2D eigenvalue weighted by molar-refractivity contribution is 7.90. The zero-order chi connectivity index (χ0) is 23.6. The number of nitro benzene ring substituents is 1. The Morgan fingerprint density at radius 1 is 1.21 bits per heavy atom. The first-order chi connectivity index (χ1) is 15.7. The van der Waals surface area contributed by atoms with Crippen LogP contribution < -0.4 is 4.90 Å². The summed E-state index contributed by atoms with van der Waals surface area (Å²) in [6, 6.07) is 13.9. The molecule has 0 saturated heterocycles. The number of sulfone groups is 1. The van der Waals surface area contributed by atoms with Crippen molar-refractivity contribution in [3.8, 4) is 0 Å². The molecule has 0 radical (unpaired) electrons. The smallest absolute Gasteiger partial charge is 0.270 e. The van der Waals surface area contributed by atoms with Gasteiger partial charge < -0.3 is 4.42 Å². The van der Waals surface area contributed by atoms with E-state index in [0.29, 0.717) is 26.7 Å². The fourth-order valence-electron chi connectivity index (χ4n) is 3.04. The number of nitrogens with zero attached hydrogens (tertiary/aromatic N) is 3. The van der Waals surface area contributed by atoms with Crippen molar-refractivity contribution in [2.75, 3.05) is 11.2 Å². The van der Waals surface area contributed by atoms with Crippen LogP contribution in [0.1, 0.15) is 11.3 Å². The van der Waals surface area contributed by atoms with E-state index in [9.17, 15) is 23.3 Å². The summed E-state index contributed by atoms with van der Waals surface area (Å²) in [5.74, 6) is 0.114. The van der Waals surface area contributed by atoms with Gasteiger partial charge in [-0.2, -0.15) is 0 Å². The Bertz CT molecular complexity index is 1470. The van der Waals surface area contributed by atoms with Gasteiger partial charge >= 0.3 is 0 Å². The SMILES string of the molecule is CS(=O)(=O)c1ccc2nc(N(Cc3ccco3)C(=O)/C=C/c3cccc([N+](=O)[O-])c3)sc2c1. The van der Waals surface area contributed by atoms with Crippen LogP contribution in [0.4, 0.5) is 10.8 Å². The van der Waals surface area contributed by atoms with E-state index in [1.165, 1.54) is 65.0 Å². The Morgan fingerprint density at radius 2 is 2.03 bits per heavy atom. The standard InChI is InChI=1S/C22H17N3O6S2/c1-33(29,30)18-8-9-19-20(13-18)32-22(23-19)24(14-17-6-3-11-31-17)21(26)10-7-15-4-2-5-16(12-15)25(27)28/h2-13H,14H2,1H3/b10-7+. The van der Waals surface area contributed by atoms with Crippen molar-refractivity contribution >= 4 is 54.2 Å². The molecule has 0 atom stereocenters. The summed E-state index contributed by atoms with van der Waals surface area (Å²) in [4.78, 5) is 29.6. The normalized spacial score (nSPS) is 11.8. The van der Waals surface area contributed by atoms with Crippen LogP contribution in [0, 0.1) is 10.1 Å². The number of carbonyl (C=O) groups is 1. The molecule has 0 saturated carbocycles. The maximum Gasteiger partial charge on any atom is 0.270 e. The summed E-state index contributed by atoms with van der Waals surface area (Å²) < 4.78 is 29.8. The number of hydrogen-bond acceptors (Lipinski definition) is 8. The quantitative estimate of drug-likeness (QED) is 0.216. The third-order valence-corrected chi connectivity index (χ3v) is 6.82. The number of nitro groups is 1. The number of thiazole rings is 1. The summed E-state index contributed by atoms with van der Waals surface area (Å²) in [6.07, 6.45) is 5.41. The summed E-state index contributed by atoms with van der Waals surface area (Å²) in [5, 5.41) is 11.3. The number of aromatic nitrogens is 1. The summed E-state index contributed by atoms with van der Waals surface area (Å²) in [5.41, 5.74) is 0.977. The van der Waals surface area contributed by atoms with Gasteiger partial charge in [-0.3, -0.25) is 19.8 Å². The van der Waals surface area contributed by atoms with Gasteiger partial charge in [-0.25, -0.2) is 13.4 Å². The average Bonchev–Trinajstić information content (AvgIpc) is 3.44. The highest BCUT2D eigenvalue weighted by atomic mass is 32.2. The van der Waals surface area contributed by atoms with E-state index in [2.05, 4.69) is 4.98 Å². The topological polar surface area (TPSA) is 124 Å². The Kier molecular flexibility index (Phi) is 6.07. The molecule has 0 unspecified atom stereocenters. The average molecular weight is 484 g/mol. The molecule has 0 fully saturated rings. The Balaban J connectivity index is 1.68. The summed E-state index contributed by atoms with van der Waals surface area (Å²) in [6.45, 7) is 0.101. The van der Waals surface area contributed by atoms with E-state index in [1.54, 1.807) is 24.3 Å². The molecule has 11 heteroatoms. The van der Waals surface area contributed by atoms with Crippen molar-refractivity contribution in [3.05, 3.63) is 88.4 Å². The number of benzene rings is 2. The molecular weight excluding hydrogens is 466 g/mol. The largest absolute Gasteiger partial charge is 0.467 e. The van der Waals surface area contributed by atoms with E-state index in [4.69, 9.17) is 4.42 Å². The molecule has 0 aliphatic carbocycles. The van der Waals surface area contributed by atoms with Crippen LogP contribution in [0.5, 0.6) is 0 Å². The highest BCUT2D eigenvalue weighted by Crippen LogP contribution is 2.32. The van der Waals surface area contributed by atoms with Crippen molar-refractivity contribution < 1.29 is 22.6 Å². The molecule has 168 valence electrons. The van der Waals surface area contributed by atoms with Crippen LogP contribution in [-0.4, -0.2) is 30.5 Å². The maximum absolute atomic E-state index is 13.1. The predicted octanol–water partition coefficient (Wildman–Crippen LogP) is 4.45. The fourth-order valence-corrected chi connectivity index (χ4v) is 4.77. The molecule has 0 spiro atoms. The maximum atomic E-state index is 13.1. The van der Waals surface area contributed by atoms with Gasteiger partial charge in [0.25, 0.3) is 11.6 Å². The van der Waals surface area contributed by atoms with Crippen molar-refractivity contribution in [2.45, 2.75) is 11.4 Å². The first-order valence-electron chi connectivity index (χ1n) is 9.58. The number of hydrogen-bond donors (Lipinski definition) is 0. The van der Waals surface area contributed by atoms with Crippen LogP contribution in [0.2, 0.25) is 0 Å². The number of carbonyl (C=O) groups excluding carboxylic acids is 1. The van der Waals surface area contributed by atoms with Crippen LogP contribution in [-0.2, 0) is 21.2 Å². The second-order valence-corrected chi connectivity index (χ2v) is 10.1. The molecule has 2 aromatic carbocycles. The molecule has 4 rings (SSSR count). The molecule has 4 aromatic rings. The van der Waals surface area contributed by atoms with Crippen molar-refractivity contribution in [1.29, 1.82) is 0 Å². The van der Waals surface area contributed by atoms with Gasteiger partial charge in [0.15, 0.2) is 15.0 Å². The molecule has 9 nitrogen and oxygen atoms in total. The third-order valence-electron chi connectivity index (χ3n) is 4.67. The van der Waals surface area contributed by atoms with E-state index in [1.807, 2.05) is 0 Å². The van der Waals surface area contributed by atoms with Gasteiger partial charge in [-0.05, 0) is 42.0 Å². The molecule has 0 aliphatic rings. The van der Waals surface area contributed by atoms with Crippen molar-refractivity contribution in [2.24, 2.45) is 0 Å². The van der Waals surface area contributed by atoms with Crippen LogP contribution in [0.3, 0.4) is 0 Å². The zero-order valence-corrected chi connectivity index (χ0v) is 18.9. The van der Waals surface area contributed by atoms with E-state index in [-0.39, 0.29) is 17.1 Å². The highest BCUT2D eigenvalue weighted by Gasteiger charge is 2.20. The van der Waals surface area contributed by atoms with Crippen LogP contribution in [0.25, 0.3) is 16.3 Å². The Morgan fingerprint density at radius 3 is 2.73 bits per heavy atom. The number of furan rings is 1.